The van der Waals surface area contributed by atoms with Crippen LogP contribution in [-0.4, -0.2) is 27.4 Å². The molecule has 0 saturated heterocycles. The molecule has 1 aromatic carbocycles. The Bertz CT molecular complexity index is 493. The third kappa shape index (κ3) is 2.53. The summed E-state index contributed by atoms with van der Waals surface area (Å²) in [5, 5.41) is 36.3. The van der Waals surface area contributed by atoms with Crippen molar-refractivity contribution >= 4 is 11.7 Å². The number of aryl methyl sites for hydroxylation is 1. The van der Waals surface area contributed by atoms with Crippen molar-refractivity contribution in [3.63, 3.8) is 0 Å². The lowest BCUT2D eigenvalue weighted by atomic mass is 9.97. The van der Waals surface area contributed by atoms with E-state index in [1.54, 1.807) is 6.92 Å². The Morgan fingerprint density at radius 1 is 1.47 bits per heavy atom. The lowest BCUT2D eigenvalue weighted by Crippen LogP contribution is -2.19. The van der Waals surface area contributed by atoms with Crippen molar-refractivity contribution in [3.8, 4) is 6.07 Å². The first-order chi connectivity index (χ1) is 7.88. The second-order valence-electron chi connectivity index (χ2n) is 3.64. The summed E-state index contributed by atoms with van der Waals surface area (Å²) < 4.78 is 0. The molecule has 0 fully saturated rings. The lowest BCUT2D eigenvalue weighted by Gasteiger charge is -2.16. The van der Waals surface area contributed by atoms with Crippen LogP contribution in [0.2, 0.25) is 0 Å². The minimum absolute atomic E-state index is 0.0384. The van der Waals surface area contributed by atoms with E-state index < -0.39 is 18.2 Å². The molecule has 6 heteroatoms. The molecule has 17 heavy (non-hydrogen) atoms. The summed E-state index contributed by atoms with van der Waals surface area (Å²) in [4.78, 5) is 10.9. The molecule has 90 valence electrons. The number of aliphatic hydroxyl groups excluding tert-OH is 2. The maximum absolute atomic E-state index is 10.9. The molecule has 0 radical (unpaired) electrons. The number of rotatable bonds is 3. The topological polar surface area (TPSA) is 128 Å². The van der Waals surface area contributed by atoms with Crippen LogP contribution in [-0.2, 0) is 0 Å². The SMILES string of the molecule is Cc1cc(C(=O)O)c(N)c(C(O)C(O)C#N)c1. The van der Waals surface area contributed by atoms with Gasteiger partial charge in [-0.25, -0.2) is 4.79 Å². The predicted molar refractivity (Wildman–Crippen MR) is 59.1 cm³/mol. The smallest absolute Gasteiger partial charge is 0.337 e. The van der Waals surface area contributed by atoms with Crippen molar-refractivity contribution < 1.29 is 20.1 Å². The highest BCUT2D eigenvalue weighted by Crippen LogP contribution is 2.27. The zero-order valence-corrected chi connectivity index (χ0v) is 9.08. The quantitative estimate of drug-likeness (QED) is 0.438. The first-order valence-corrected chi connectivity index (χ1v) is 4.77. The normalized spacial score (nSPS) is 13.8. The van der Waals surface area contributed by atoms with E-state index in [-0.39, 0.29) is 16.8 Å². The molecule has 2 atom stereocenters. The average Bonchev–Trinajstić information content (AvgIpc) is 2.29. The van der Waals surface area contributed by atoms with Crippen LogP contribution in [0.5, 0.6) is 0 Å². The maximum Gasteiger partial charge on any atom is 0.337 e. The molecule has 0 aliphatic heterocycles. The first-order valence-electron chi connectivity index (χ1n) is 4.77. The van der Waals surface area contributed by atoms with Crippen LogP contribution < -0.4 is 5.73 Å². The van der Waals surface area contributed by atoms with Crippen LogP contribution in [0, 0.1) is 18.3 Å². The predicted octanol–water partition coefficient (Wildman–Crippen LogP) is 0.193. The molecule has 0 aliphatic carbocycles. The second kappa shape index (κ2) is 4.82. The van der Waals surface area contributed by atoms with E-state index in [0.717, 1.165) is 0 Å². The molecule has 0 spiro atoms. The van der Waals surface area contributed by atoms with Gasteiger partial charge in [-0.3, -0.25) is 0 Å². The van der Waals surface area contributed by atoms with Gasteiger partial charge in [-0.1, -0.05) is 6.07 Å². The minimum atomic E-state index is -1.65. The van der Waals surface area contributed by atoms with Crippen LogP contribution in [0.3, 0.4) is 0 Å². The van der Waals surface area contributed by atoms with E-state index in [4.69, 9.17) is 16.1 Å². The first kappa shape index (κ1) is 13.0. The zero-order chi connectivity index (χ0) is 13.2. The van der Waals surface area contributed by atoms with Gasteiger partial charge in [-0.05, 0) is 18.6 Å². The average molecular weight is 236 g/mol. The number of nitriles is 1. The lowest BCUT2D eigenvalue weighted by molar-refractivity contribution is 0.0530. The van der Waals surface area contributed by atoms with Crippen LogP contribution in [0.25, 0.3) is 0 Å². The molecule has 1 aromatic rings. The summed E-state index contributed by atoms with van der Waals surface area (Å²) in [6, 6.07) is 4.25. The molecule has 6 nitrogen and oxygen atoms in total. The Morgan fingerprint density at radius 3 is 2.53 bits per heavy atom. The van der Waals surface area contributed by atoms with Crippen molar-refractivity contribution in [2.75, 3.05) is 5.73 Å². The van der Waals surface area contributed by atoms with Gasteiger partial charge in [0.2, 0.25) is 0 Å². The monoisotopic (exact) mass is 236 g/mol. The van der Waals surface area contributed by atoms with Crippen LogP contribution >= 0.6 is 0 Å². The number of anilines is 1. The minimum Gasteiger partial charge on any atom is -0.478 e. The van der Waals surface area contributed by atoms with E-state index in [1.807, 2.05) is 0 Å². The number of carboxylic acid groups (broad SMARTS) is 1. The van der Waals surface area contributed by atoms with E-state index >= 15 is 0 Å². The third-order valence-electron chi connectivity index (χ3n) is 2.34. The fraction of sp³-hybridized carbons (Fsp3) is 0.273. The largest absolute Gasteiger partial charge is 0.478 e. The molecule has 0 aromatic heterocycles. The van der Waals surface area contributed by atoms with Crippen LogP contribution in [0.1, 0.15) is 27.6 Å². The van der Waals surface area contributed by atoms with E-state index in [9.17, 15) is 15.0 Å². The Morgan fingerprint density at radius 2 is 2.06 bits per heavy atom. The Balaban J connectivity index is 3.35. The molecular weight excluding hydrogens is 224 g/mol. The number of aromatic carboxylic acids is 1. The summed E-state index contributed by atoms with van der Waals surface area (Å²) in [6.07, 6.45) is -3.18. The molecule has 1 rings (SSSR count). The van der Waals surface area contributed by atoms with Crippen molar-refractivity contribution in [2.45, 2.75) is 19.1 Å². The number of nitrogens with zero attached hydrogens (tertiary/aromatic N) is 1. The molecule has 0 saturated carbocycles. The number of benzene rings is 1. The molecule has 5 N–H and O–H groups in total. The van der Waals surface area contributed by atoms with Gasteiger partial charge in [0.15, 0.2) is 6.10 Å². The number of carbonyl (C=O) groups is 1. The van der Waals surface area contributed by atoms with Gasteiger partial charge in [0.1, 0.15) is 6.10 Å². The molecule has 0 amide bonds. The fourth-order valence-corrected chi connectivity index (χ4v) is 1.49. The van der Waals surface area contributed by atoms with Gasteiger partial charge < -0.3 is 21.1 Å². The van der Waals surface area contributed by atoms with E-state index in [1.165, 1.54) is 18.2 Å². The standard InChI is InChI=1S/C11H12N2O4/c1-5-2-6(10(15)8(14)4-12)9(13)7(3-5)11(16)17/h2-3,8,10,14-15H,13H2,1H3,(H,16,17). The van der Waals surface area contributed by atoms with Crippen molar-refractivity contribution in [2.24, 2.45) is 0 Å². The molecule has 0 heterocycles. The second-order valence-corrected chi connectivity index (χ2v) is 3.64. The molecular formula is C11H12N2O4. The van der Waals surface area contributed by atoms with E-state index in [0.29, 0.717) is 5.56 Å². The maximum atomic E-state index is 10.9. The number of nitrogens with two attached hydrogens (primary N) is 1. The highest BCUT2D eigenvalue weighted by molar-refractivity contribution is 5.94. The molecule has 2 unspecified atom stereocenters. The molecule has 0 aliphatic rings. The van der Waals surface area contributed by atoms with Crippen molar-refractivity contribution in [1.82, 2.24) is 0 Å². The molecule has 0 bridgehead atoms. The van der Waals surface area contributed by atoms with Crippen molar-refractivity contribution in [3.05, 3.63) is 28.8 Å². The van der Waals surface area contributed by atoms with Gasteiger partial charge in [0, 0.05) is 5.56 Å². The number of carboxylic acids is 1. The highest BCUT2D eigenvalue weighted by Gasteiger charge is 2.23. The van der Waals surface area contributed by atoms with E-state index in [2.05, 4.69) is 0 Å². The van der Waals surface area contributed by atoms with Gasteiger partial charge in [-0.2, -0.15) is 5.26 Å². The third-order valence-corrected chi connectivity index (χ3v) is 2.34. The summed E-state index contributed by atoms with van der Waals surface area (Å²) in [6.45, 7) is 1.63. The van der Waals surface area contributed by atoms with Gasteiger partial charge in [0.25, 0.3) is 0 Å². The Labute approximate surface area is 97.5 Å². The fourth-order valence-electron chi connectivity index (χ4n) is 1.49. The van der Waals surface area contributed by atoms with Crippen molar-refractivity contribution in [1.29, 1.82) is 5.26 Å². The summed E-state index contributed by atoms with van der Waals surface area (Å²) in [5.74, 6) is -1.23. The zero-order valence-electron chi connectivity index (χ0n) is 9.08. The summed E-state index contributed by atoms with van der Waals surface area (Å²) in [5.41, 5.74) is 5.88. The van der Waals surface area contributed by atoms with Gasteiger partial charge in [-0.15, -0.1) is 0 Å². The number of nitrogen functional groups attached to an aromatic ring is 1. The van der Waals surface area contributed by atoms with Gasteiger partial charge >= 0.3 is 5.97 Å². The Hall–Kier alpha value is -2.10. The summed E-state index contributed by atoms with van der Waals surface area (Å²) >= 11 is 0. The number of hydrogen-bond acceptors (Lipinski definition) is 5. The highest BCUT2D eigenvalue weighted by atomic mass is 16.4. The number of aliphatic hydroxyl groups is 2. The van der Waals surface area contributed by atoms with Gasteiger partial charge in [0.05, 0.1) is 17.3 Å². The number of hydrogen-bond donors (Lipinski definition) is 4. The van der Waals surface area contributed by atoms with Crippen LogP contribution in [0.15, 0.2) is 12.1 Å². The Kier molecular flexibility index (Phi) is 3.68. The van der Waals surface area contributed by atoms with Crippen LogP contribution in [0.4, 0.5) is 5.69 Å². The summed E-state index contributed by atoms with van der Waals surface area (Å²) in [7, 11) is 0.